The fraction of sp³-hybridized carbons (Fsp3) is 0.368. The third kappa shape index (κ3) is 3.60. The van der Waals surface area contributed by atoms with Crippen LogP contribution in [-0.4, -0.2) is 18.3 Å². The van der Waals surface area contributed by atoms with Crippen LogP contribution in [0.5, 0.6) is 11.5 Å². The van der Waals surface area contributed by atoms with Crippen molar-refractivity contribution in [3.05, 3.63) is 60.2 Å². The molecule has 3 rings (SSSR count). The van der Waals surface area contributed by atoms with Gasteiger partial charge in [0.05, 0.1) is 11.2 Å². The first kappa shape index (κ1) is 16.1. The van der Waals surface area contributed by atoms with E-state index in [0.717, 1.165) is 17.1 Å². The Morgan fingerprint density at radius 3 is 2.09 bits per heavy atom. The van der Waals surface area contributed by atoms with Crippen LogP contribution in [0.4, 0.5) is 0 Å². The van der Waals surface area contributed by atoms with Gasteiger partial charge in [0.2, 0.25) is 0 Å². The maximum atomic E-state index is 6.06. The van der Waals surface area contributed by atoms with Gasteiger partial charge in [0.25, 0.3) is 0 Å². The third-order valence-electron chi connectivity index (χ3n) is 4.58. The minimum Gasteiger partial charge on any atom is -0.457 e. The molecule has 0 amide bonds. The van der Waals surface area contributed by atoms with Crippen molar-refractivity contribution in [1.82, 2.24) is 0 Å². The molecule has 1 aliphatic heterocycles. The predicted molar refractivity (Wildman–Crippen MR) is 92.7 cm³/mol. The summed E-state index contributed by atoms with van der Waals surface area (Å²) in [6, 6.07) is 17.9. The van der Waals surface area contributed by atoms with Gasteiger partial charge in [-0.25, -0.2) is 0 Å². The van der Waals surface area contributed by atoms with E-state index in [1.54, 1.807) is 0 Å². The molecule has 120 valence electrons. The molecule has 2 aromatic rings. The van der Waals surface area contributed by atoms with E-state index in [0.29, 0.717) is 6.32 Å². The molecular formula is C19H23BO3. The Labute approximate surface area is 138 Å². The molecule has 0 spiro atoms. The second-order valence-corrected chi connectivity index (χ2v) is 6.95. The molecule has 0 aromatic heterocycles. The van der Waals surface area contributed by atoms with E-state index < -0.39 is 0 Å². The van der Waals surface area contributed by atoms with Crippen molar-refractivity contribution in [3.63, 3.8) is 0 Å². The summed E-state index contributed by atoms with van der Waals surface area (Å²) in [5.41, 5.74) is 0.544. The predicted octanol–water partition coefficient (Wildman–Crippen LogP) is 4.65. The first-order chi connectivity index (χ1) is 10.9. The summed E-state index contributed by atoms with van der Waals surface area (Å²) in [5, 5.41) is 0. The molecule has 0 saturated carbocycles. The van der Waals surface area contributed by atoms with Crippen molar-refractivity contribution in [2.24, 2.45) is 0 Å². The van der Waals surface area contributed by atoms with Gasteiger partial charge in [0, 0.05) is 6.32 Å². The Bertz CT molecular complexity index is 651. The monoisotopic (exact) mass is 310 g/mol. The number of para-hydroxylation sites is 1. The largest absolute Gasteiger partial charge is 0.462 e. The minimum atomic E-state index is -0.296. The van der Waals surface area contributed by atoms with Crippen molar-refractivity contribution in [1.29, 1.82) is 0 Å². The third-order valence-corrected chi connectivity index (χ3v) is 4.58. The molecule has 0 bridgehead atoms. The highest BCUT2D eigenvalue weighted by atomic mass is 16.7. The van der Waals surface area contributed by atoms with E-state index in [9.17, 15) is 0 Å². The first-order valence-corrected chi connectivity index (χ1v) is 8.03. The quantitative estimate of drug-likeness (QED) is 0.769. The summed E-state index contributed by atoms with van der Waals surface area (Å²) in [5.74, 6) is 1.66. The topological polar surface area (TPSA) is 27.7 Å². The van der Waals surface area contributed by atoms with Crippen molar-refractivity contribution in [3.8, 4) is 11.5 Å². The number of hydrogen-bond donors (Lipinski definition) is 0. The lowest BCUT2D eigenvalue weighted by molar-refractivity contribution is 0.00578. The molecule has 1 heterocycles. The normalized spacial score (nSPS) is 18.9. The molecular weight excluding hydrogens is 287 g/mol. The lowest BCUT2D eigenvalue weighted by Crippen LogP contribution is -2.41. The van der Waals surface area contributed by atoms with E-state index in [2.05, 4.69) is 33.8 Å². The molecule has 1 saturated heterocycles. The molecule has 1 fully saturated rings. The van der Waals surface area contributed by atoms with Crippen LogP contribution in [0.2, 0.25) is 0 Å². The number of ether oxygens (including phenoxy) is 1. The molecule has 0 atom stereocenters. The SMILES string of the molecule is CC1(C)OB(Cc2cccc(Oc3ccccc3)c2)OC1(C)C. The van der Waals surface area contributed by atoms with E-state index in [1.165, 1.54) is 0 Å². The van der Waals surface area contributed by atoms with E-state index in [-0.39, 0.29) is 18.3 Å². The van der Waals surface area contributed by atoms with Crippen molar-refractivity contribution >= 4 is 7.12 Å². The van der Waals surface area contributed by atoms with Gasteiger partial charge >= 0.3 is 7.12 Å². The average Bonchev–Trinajstić information content (AvgIpc) is 2.67. The summed E-state index contributed by atoms with van der Waals surface area (Å²) in [6.07, 6.45) is 0.707. The average molecular weight is 310 g/mol. The van der Waals surface area contributed by atoms with E-state index in [1.807, 2.05) is 48.5 Å². The molecule has 23 heavy (non-hydrogen) atoms. The summed E-state index contributed by atoms with van der Waals surface area (Å²) >= 11 is 0. The van der Waals surface area contributed by atoms with Gasteiger partial charge in [-0.3, -0.25) is 0 Å². The Kier molecular flexibility index (Phi) is 4.22. The van der Waals surface area contributed by atoms with Crippen molar-refractivity contribution in [2.45, 2.75) is 45.2 Å². The highest BCUT2D eigenvalue weighted by molar-refractivity contribution is 6.45. The van der Waals surface area contributed by atoms with Crippen LogP contribution < -0.4 is 4.74 Å². The summed E-state index contributed by atoms with van der Waals surface area (Å²) in [6.45, 7) is 8.29. The zero-order valence-corrected chi connectivity index (χ0v) is 14.2. The fourth-order valence-electron chi connectivity index (χ4n) is 2.60. The molecule has 1 aliphatic rings. The highest BCUT2D eigenvalue weighted by Gasteiger charge is 2.50. The molecule has 0 aliphatic carbocycles. The Morgan fingerprint density at radius 2 is 1.43 bits per heavy atom. The minimum absolute atomic E-state index is 0.230. The van der Waals surface area contributed by atoms with Crippen LogP contribution in [0.3, 0.4) is 0 Å². The zero-order chi connectivity index (χ0) is 16.5. The summed E-state index contributed by atoms with van der Waals surface area (Å²) in [7, 11) is -0.230. The maximum Gasteiger partial charge on any atom is 0.462 e. The van der Waals surface area contributed by atoms with Crippen molar-refractivity contribution < 1.29 is 14.0 Å². The maximum absolute atomic E-state index is 6.06. The highest BCUT2D eigenvalue weighted by Crippen LogP contribution is 2.37. The van der Waals surface area contributed by atoms with Gasteiger partial charge < -0.3 is 14.0 Å². The van der Waals surface area contributed by atoms with Gasteiger partial charge in [-0.2, -0.15) is 0 Å². The molecule has 0 N–H and O–H groups in total. The molecule has 2 aromatic carbocycles. The molecule has 4 heteroatoms. The lowest BCUT2D eigenvalue weighted by Gasteiger charge is -2.32. The van der Waals surface area contributed by atoms with E-state index >= 15 is 0 Å². The second-order valence-electron chi connectivity index (χ2n) is 6.95. The fourth-order valence-corrected chi connectivity index (χ4v) is 2.60. The molecule has 0 unspecified atom stereocenters. The molecule has 3 nitrogen and oxygen atoms in total. The van der Waals surface area contributed by atoms with Gasteiger partial charge in [0.1, 0.15) is 11.5 Å². The van der Waals surface area contributed by atoms with E-state index in [4.69, 9.17) is 14.0 Å². The van der Waals surface area contributed by atoms with Crippen LogP contribution >= 0.6 is 0 Å². The van der Waals surface area contributed by atoms with Gasteiger partial charge in [-0.05, 0) is 57.5 Å². The van der Waals surface area contributed by atoms with Crippen LogP contribution in [0.1, 0.15) is 33.3 Å². The standard InChI is InChI=1S/C19H23BO3/c1-18(2)19(3,4)23-20(22-18)14-15-9-8-12-17(13-15)21-16-10-6-5-7-11-16/h5-13H,14H2,1-4H3. The number of benzene rings is 2. The van der Waals surface area contributed by atoms with Gasteiger partial charge in [-0.15, -0.1) is 0 Å². The first-order valence-electron chi connectivity index (χ1n) is 8.03. The number of hydrogen-bond acceptors (Lipinski definition) is 3. The van der Waals surface area contributed by atoms with Crippen LogP contribution in [0.15, 0.2) is 54.6 Å². The van der Waals surface area contributed by atoms with Crippen LogP contribution in [0.25, 0.3) is 0 Å². The zero-order valence-electron chi connectivity index (χ0n) is 14.2. The lowest BCUT2D eigenvalue weighted by atomic mass is 9.81. The summed E-state index contributed by atoms with van der Waals surface area (Å²) in [4.78, 5) is 0. The van der Waals surface area contributed by atoms with Crippen molar-refractivity contribution in [2.75, 3.05) is 0 Å². The Hall–Kier alpha value is -1.78. The number of rotatable bonds is 4. The summed E-state index contributed by atoms with van der Waals surface area (Å²) < 4.78 is 18.0. The Balaban J connectivity index is 1.69. The smallest absolute Gasteiger partial charge is 0.457 e. The van der Waals surface area contributed by atoms with Gasteiger partial charge in [0.15, 0.2) is 0 Å². The molecule has 0 radical (unpaired) electrons. The van der Waals surface area contributed by atoms with Crippen LogP contribution in [0, 0.1) is 0 Å². The second kappa shape index (κ2) is 6.02. The Morgan fingerprint density at radius 1 is 0.826 bits per heavy atom. The van der Waals surface area contributed by atoms with Gasteiger partial charge in [-0.1, -0.05) is 30.3 Å². The van der Waals surface area contributed by atoms with Crippen LogP contribution in [-0.2, 0) is 15.6 Å².